The summed E-state index contributed by atoms with van der Waals surface area (Å²) in [7, 11) is 0. The number of nitrogens with two attached hydrogens (primary N) is 4. The van der Waals surface area contributed by atoms with E-state index in [0.717, 1.165) is 11.1 Å². The smallest absolute Gasteiger partial charge is 0.0592 e. The monoisotopic (exact) mass is 228 g/mol. The van der Waals surface area contributed by atoms with E-state index in [0.29, 0.717) is 17.1 Å². The summed E-state index contributed by atoms with van der Waals surface area (Å²) in [4.78, 5) is 0. The van der Waals surface area contributed by atoms with Crippen molar-refractivity contribution in [1.82, 2.24) is 0 Å². The average Bonchev–Trinajstić information content (AvgIpc) is 2.29. The number of para-hydroxylation sites is 1. The second-order valence-corrected chi connectivity index (χ2v) is 3.99. The largest absolute Gasteiger partial charge is 0.399 e. The van der Waals surface area contributed by atoms with Crippen LogP contribution < -0.4 is 22.9 Å². The van der Waals surface area contributed by atoms with Crippen molar-refractivity contribution in [2.75, 3.05) is 17.2 Å². The van der Waals surface area contributed by atoms with Crippen LogP contribution in [0.3, 0.4) is 0 Å². The first-order valence-corrected chi connectivity index (χ1v) is 5.34. The third-order valence-corrected chi connectivity index (χ3v) is 2.78. The molecule has 2 rings (SSSR count). The van der Waals surface area contributed by atoms with E-state index in [1.807, 2.05) is 30.3 Å². The van der Waals surface area contributed by atoms with Gasteiger partial charge in [-0.25, -0.2) is 0 Å². The van der Waals surface area contributed by atoms with Crippen LogP contribution in [0.2, 0.25) is 0 Å². The zero-order valence-electron chi connectivity index (χ0n) is 9.43. The van der Waals surface area contributed by atoms with Crippen LogP contribution in [0.1, 0.15) is 17.2 Å². The van der Waals surface area contributed by atoms with Crippen LogP contribution in [0.25, 0.3) is 0 Å². The third-order valence-electron chi connectivity index (χ3n) is 2.78. The summed E-state index contributed by atoms with van der Waals surface area (Å²) >= 11 is 0. The van der Waals surface area contributed by atoms with Crippen molar-refractivity contribution in [1.29, 1.82) is 0 Å². The Balaban J connectivity index is 2.44. The van der Waals surface area contributed by atoms with Gasteiger partial charge in [0.05, 0.1) is 6.04 Å². The molecule has 1 unspecified atom stereocenters. The second-order valence-electron chi connectivity index (χ2n) is 3.99. The number of anilines is 3. The van der Waals surface area contributed by atoms with Crippen molar-refractivity contribution in [2.24, 2.45) is 5.73 Å². The van der Waals surface area contributed by atoms with Crippen molar-refractivity contribution in [3.63, 3.8) is 0 Å². The van der Waals surface area contributed by atoms with Gasteiger partial charge in [-0.3, -0.25) is 0 Å². The fourth-order valence-corrected chi connectivity index (χ4v) is 1.84. The van der Waals surface area contributed by atoms with E-state index in [2.05, 4.69) is 0 Å². The highest BCUT2D eigenvalue weighted by Crippen LogP contribution is 2.29. The van der Waals surface area contributed by atoms with Crippen LogP contribution in [0.5, 0.6) is 0 Å². The van der Waals surface area contributed by atoms with Crippen LogP contribution in [0.15, 0.2) is 42.5 Å². The Bertz CT molecular complexity index is 537. The predicted octanol–water partition coefficient (Wildman–Crippen LogP) is 1.48. The lowest BCUT2D eigenvalue weighted by molar-refractivity contribution is 0.878. The lowest BCUT2D eigenvalue weighted by atomic mass is 9.96. The van der Waals surface area contributed by atoms with E-state index in [-0.39, 0.29) is 6.04 Å². The Kier molecular flexibility index (Phi) is 2.89. The fourth-order valence-electron chi connectivity index (χ4n) is 1.84. The van der Waals surface area contributed by atoms with E-state index in [9.17, 15) is 0 Å². The maximum absolute atomic E-state index is 6.17. The van der Waals surface area contributed by atoms with Gasteiger partial charge in [0, 0.05) is 17.1 Å². The third kappa shape index (κ3) is 2.16. The molecule has 0 aliphatic carbocycles. The Hall–Kier alpha value is -2.20. The number of rotatable bonds is 2. The SMILES string of the molecule is Nc1ccc(C(N)c2ccccc2N)c(N)c1. The summed E-state index contributed by atoms with van der Waals surface area (Å²) < 4.78 is 0. The van der Waals surface area contributed by atoms with Crippen LogP contribution in [0, 0.1) is 0 Å². The molecule has 0 heterocycles. The topological polar surface area (TPSA) is 104 Å². The molecule has 4 heteroatoms. The molecule has 0 saturated carbocycles. The molecular weight excluding hydrogens is 212 g/mol. The second kappa shape index (κ2) is 4.35. The van der Waals surface area contributed by atoms with Crippen LogP contribution >= 0.6 is 0 Å². The highest BCUT2D eigenvalue weighted by molar-refractivity contribution is 5.61. The first-order valence-electron chi connectivity index (χ1n) is 5.34. The summed E-state index contributed by atoms with van der Waals surface area (Å²) in [6, 6.07) is 12.5. The fraction of sp³-hybridized carbons (Fsp3) is 0.0769. The molecule has 2 aromatic rings. The first-order chi connectivity index (χ1) is 8.09. The van der Waals surface area contributed by atoms with Crippen LogP contribution in [-0.2, 0) is 0 Å². The summed E-state index contributed by atoms with van der Waals surface area (Å²) in [6.45, 7) is 0. The molecule has 1 atom stereocenters. The highest BCUT2D eigenvalue weighted by atomic mass is 14.7. The Morgan fingerprint density at radius 3 is 2.06 bits per heavy atom. The van der Waals surface area contributed by atoms with Crippen LogP contribution in [-0.4, -0.2) is 0 Å². The van der Waals surface area contributed by atoms with E-state index in [1.165, 1.54) is 0 Å². The molecule has 0 amide bonds. The number of hydrogen-bond acceptors (Lipinski definition) is 4. The van der Waals surface area contributed by atoms with Gasteiger partial charge in [0.25, 0.3) is 0 Å². The molecule has 8 N–H and O–H groups in total. The molecule has 2 aromatic carbocycles. The quantitative estimate of drug-likeness (QED) is 0.584. The van der Waals surface area contributed by atoms with Crippen molar-refractivity contribution in [3.05, 3.63) is 53.6 Å². The minimum atomic E-state index is -0.336. The Morgan fingerprint density at radius 1 is 0.765 bits per heavy atom. The number of benzene rings is 2. The van der Waals surface area contributed by atoms with E-state index in [4.69, 9.17) is 22.9 Å². The van der Waals surface area contributed by atoms with E-state index in [1.54, 1.807) is 12.1 Å². The van der Waals surface area contributed by atoms with Gasteiger partial charge < -0.3 is 22.9 Å². The van der Waals surface area contributed by atoms with Gasteiger partial charge in [-0.2, -0.15) is 0 Å². The molecule has 0 fully saturated rings. The zero-order chi connectivity index (χ0) is 12.4. The molecule has 0 aliphatic heterocycles. The van der Waals surface area contributed by atoms with E-state index < -0.39 is 0 Å². The first kappa shape index (κ1) is 11.3. The van der Waals surface area contributed by atoms with Gasteiger partial charge in [0.15, 0.2) is 0 Å². The average molecular weight is 228 g/mol. The van der Waals surface area contributed by atoms with Gasteiger partial charge >= 0.3 is 0 Å². The molecule has 0 bridgehead atoms. The molecule has 0 spiro atoms. The van der Waals surface area contributed by atoms with Crippen molar-refractivity contribution >= 4 is 17.1 Å². The normalized spacial score (nSPS) is 12.3. The van der Waals surface area contributed by atoms with Crippen molar-refractivity contribution in [3.8, 4) is 0 Å². The van der Waals surface area contributed by atoms with Crippen molar-refractivity contribution < 1.29 is 0 Å². The summed E-state index contributed by atoms with van der Waals surface area (Å²) in [6.07, 6.45) is 0. The van der Waals surface area contributed by atoms with E-state index >= 15 is 0 Å². The Morgan fingerprint density at radius 2 is 1.41 bits per heavy atom. The van der Waals surface area contributed by atoms with Gasteiger partial charge in [-0.1, -0.05) is 24.3 Å². The minimum Gasteiger partial charge on any atom is -0.399 e. The Labute approximate surface area is 100 Å². The van der Waals surface area contributed by atoms with Crippen LogP contribution in [0.4, 0.5) is 17.1 Å². The molecule has 88 valence electrons. The maximum Gasteiger partial charge on any atom is 0.0592 e. The summed E-state index contributed by atoms with van der Waals surface area (Å²) in [5, 5.41) is 0. The van der Waals surface area contributed by atoms with Crippen molar-refractivity contribution in [2.45, 2.75) is 6.04 Å². The lowest BCUT2D eigenvalue weighted by Gasteiger charge is -2.17. The molecule has 0 aromatic heterocycles. The van der Waals surface area contributed by atoms with Gasteiger partial charge in [0.1, 0.15) is 0 Å². The van der Waals surface area contributed by atoms with Gasteiger partial charge in [-0.05, 0) is 29.3 Å². The number of nitrogen functional groups attached to an aromatic ring is 3. The molecule has 0 saturated heterocycles. The summed E-state index contributed by atoms with van der Waals surface area (Å²) in [5.74, 6) is 0. The minimum absolute atomic E-state index is 0.336. The molecule has 4 nitrogen and oxygen atoms in total. The predicted molar refractivity (Wildman–Crippen MR) is 72.2 cm³/mol. The zero-order valence-corrected chi connectivity index (χ0v) is 9.43. The summed E-state index contributed by atoms with van der Waals surface area (Å²) in [5.41, 5.74) is 27.2. The maximum atomic E-state index is 6.17. The molecule has 0 radical (unpaired) electrons. The van der Waals surface area contributed by atoms with Gasteiger partial charge in [0.2, 0.25) is 0 Å². The molecule has 0 aliphatic rings. The van der Waals surface area contributed by atoms with Gasteiger partial charge in [-0.15, -0.1) is 0 Å². The molecule has 17 heavy (non-hydrogen) atoms. The molecular formula is C13H16N4. The lowest BCUT2D eigenvalue weighted by Crippen LogP contribution is -2.15. The number of hydrogen-bond donors (Lipinski definition) is 4. The standard InChI is InChI=1S/C13H16N4/c14-8-5-6-10(12(16)7-8)13(17)9-3-1-2-4-11(9)15/h1-7,13H,14-17H2. The highest BCUT2D eigenvalue weighted by Gasteiger charge is 2.14.